The Morgan fingerprint density at radius 1 is 0.800 bits per heavy atom. The van der Waals surface area contributed by atoms with Crippen LogP contribution in [-0.4, -0.2) is 14.2 Å². The Morgan fingerprint density at radius 2 is 1.24 bits per heavy atom. The monoisotopic (exact) mass is 355 g/mol. The summed E-state index contributed by atoms with van der Waals surface area (Å²) < 4.78 is 18.1. The minimum absolute atomic E-state index is 0.00741. The molecule has 0 bridgehead atoms. The maximum Gasteiger partial charge on any atom is 0.269 e. The van der Waals surface area contributed by atoms with Crippen molar-refractivity contribution in [3.8, 4) is 17.2 Å². The summed E-state index contributed by atoms with van der Waals surface area (Å²) in [5.41, 5.74) is -0.00741. The first kappa shape index (κ1) is 16.7. The molecule has 1 N–H and O–H groups in total. The van der Waals surface area contributed by atoms with Crippen molar-refractivity contribution in [3.63, 3.8) is 0 Å². The lowest BCUT2D eigenvalue weighted by molar-refractivity contribution is -0.384. The van der Waals surface area contributed by atoms with Crippen LogP contribution in [0.25, 0.3) is 0 Å². The third kappa shape index (κ3) is 4.02. The van der Waals surface area contributed by atoms with Gasteiger partial charge in [-0.05, 0) is 60.7 Å². The van der Waals surface area contributed by atoms with Crippen molar-refractivity contribution in [2.75, 3.05) is 0 Å². The largest absolute Gasteiger partial charge is 0.508 e. The Morgan fingerprint density at radius 3 is 1.72 bits per heavy atom. The molecule has 7 heteroatoms. The third-order valence-corrected chi connectivity index (χ3v) is 4.77. The van der Waals surface area contributed by atoms with Gasteiger partial charge in [0.05, 0.1) is 15.7 Å². The van der Waals surface area contributed by atoms with Gasteiger partial charge in [0.2, 0.25) is 0 Å². The fraction of sp³-hybridized carbons (Fsp3) is 0. The van der Waals surface area contributed by atoms with Gasteiger partial charge in [-0.25, -0.2) is 4.21 Å². The molecule has 3 rings (SSSR count). The lowest BCUT2D eigenvalue weighted by Crippen LogP contribution is -1.93. The van der Waals surface area contributed by atoms with Gasteiger partial charge < -0.3 is 9.84 Å². The molecule has 1 atom stereocenters. The number of aromatic hydroxyl groups is 1. The molecule has 0 fully saturated rings. The predicted molar refractivity (Wildman–Crippen MR) is 92.4 cm³/mol. The third-order valence-electron chi connectivity index (χ3n) is 3.37. The first-order valence-electron chi connectivity index (χ1n) is 7.26. The number of phenolic OH excluding ortho intramolecular Hbond substituents is 1. The van der Waals surface area contributed by atoms with Crippen LogP contribution in [0.4, 0.5) is 5.69 Å². The summed E-state index contributed by atoms with van der Waals surface area (Å²) in [7, 11) is -1.36. The van der Waals surface area contributed by atoms with E-state index in [9.17, 15) is 19.4 Å². The van der Waals surface area contributed by atoms with Gasteiger partial charge in [0, 0.05) is 21.9 Å². The molecule has 0 radical (unpaired) electrons. The van der Waals surface area contributed by atoms with Crippen molar-refractivity contribution in [2.45, 2.75) is 9.79 Å². The van der Waals surface area contributed by atoms with E-state index < -0.39 is 15.7 Å². The minimum Gasteiger partial charge on any atom is -0.508 e. The van der Waals surface area contributed by atoms with Gasteiger partial charge >= 0.3 is 0 Å². The zero-order chi connectivity index (χ0) is 17.8. The number of non-ortho nitro benzene ring substituents is 1. The Labute approximate surface area is 145 Å². The number of ether oxygens (including phenoxy) is 1. The minimum atomic E-state index is -1.36. The first-order valence-corrected chi connectivity index (χ1v) is 8.41. The second-order valence-corrected chi connectivity index (χ2v) is 6.57. The van der Waals surface area contributed by atoms with Crippen LogP contribution in [-0.2, 0) is 10.8 Å². The van der Waals surface area contributed by atoms with Crippen LogP contribution in [0.2, 0.25) is 0 Å². The number of rotatable bonds is 5. The van der Waals surface area contributed by atoms with Crippen molar-refractivity contribution in [1.82, 2.24) is 0 Å². The predicted octanol–water partition coefficient (Wildman–Crippen LogP) is 4.26. The molecule has 126 valence electrons. The van der Waals surface area contributed by atoms with Crippen LogP contribution >= 0.6 is 0 Å². The van der Waals surface area contributed by atoms with Crippen LogP contribution in [0.15, 0.2) is 82.6 Å². The van der Waals surface area contributed by atoms with Gasteiger partial charge in [-0.3, -0.25) is 10.1 Å². The Balaban J connectivity index is 1.72. The maximum atomic E-state index is 12.5. The maximum absolute atomic E-state index is 12.5. The molecular weight excluding hydrogens is 342 g/mol. The Bertz CT molecular complexity index is 906. The summed E-state index contributed by atoms with van der Waals surface area (Å²) >= 11 is 0. The lowest BCUT2D eigenvalue weighted by Gasteiger charge is -2.07. The van der Waals surface area contributed by atoms with Gasteiger partial charge in [-0.2, -0.15) is 0 Å². The van der Waals surface area contributed by atoms with E-state index in [4.69, 9.17) is 4.74 Å². The molecule has 0 aliphatic carbocycles. The SMILES string of the molecule is O=[N+]([O-])c1ccc(Oc2ccc(S(=O)c3ccc(O)cc3)cc2)cc1. The molecule has 1 unspecified atom stereocenters. The fourth-order valence-electron chi connectivity index (χ4n) is 2.11. The molecule has 0 saturated carbocycles. The molecule has 3 aromatic rings. The molecule has 6 nitrogen and oxygen atoms in total. The number of hydrogen-bond donors (Lipinski definition) is 1. The van der Waals surface area contributed by atoms with Crippen molar-refractivity contribution >= 4 is 16.5 Å². The van der Waals surface area contributed by atoms with Crippen LogP contribution in [0.1, 0.15) is 0 Å². The zero-order valence-corrected chi connectivity index (χ0v) is 13.7. The van der Waals surface area contributed by atoms with Gasteiger partial charge in [0.1, 0.15) is 17.2 Å². The van der Waals surface area contributed by atoms with Crippen LogP contribution < -0.4 is 4.74 Å². The average molecular weight is 355 g/mol. The summed E-state index contributed by atoms with van der Waals surface area (Å²) in [6.07, 6.45) is 0. The van der Waals surface area contributed by atoms with E-state index >= 15 is 0 Å². The van der Waals surface area contributed by atoms with Crippen molar-refractivity contribution in [1.29, 1.82) is 0 Å². The molecule has 0 saturated heterocycles. The van der Waals surface area contributed by atoms with E-state index in [2.05, 4.69) is 0 Å². The average Bonchev–Trinajstić information content (AvgIpc) is 2.63. The van der Waals surface area contributed by atoms with Crippen molar-refractivity contribution < 1.29 is 19.0 Å². The van der Waals surface area contributed by atoms with E-state index in [1.54, 1.807) is 36.4 Å². The van der Waals surface area contributed by atoms with Gasteiger partial charge in [-0.15, -0.1) is 0 Å². The Kier molecular flexibility index (Phi) is 4.76. The number of nitrogens with zero attached hydrogens (tertiary/aromatic N) is 1. The lowest BCUT2D eigenvalue weighted by atomic mass is 10.3. The highest BCUT2D eigenvalue weighted by molar-refractivity contribution is 7.85. The van der Waals surface area contributed by atoms with Gasteiger partial charge in [0.25, 0.3) is 5.69 Å². The summed E-state index contributed by atoms with van der Waals surface area (Å²) in [4.78, 5) is 11.3. The van der Waals surface area contributed by atoms with E-state index in [0.29, 0.717) is 21.3 Å². The number of hydrogen-bond acceptors (Lipinski definition) is 5. The molecule has 0 heterocycles. The highest BCUT2D eigenvalue weighted by Gasteiger charge is 2.08. The zero-order valence-electron chi connectivity index (χ0n) is 12.9. The van der Waals surface area contributed by atoms with Gasteiger partial charge in [0.15, 0.2) is 0 Å². The van der Waals surface area contributed by atoms with Crippen LogP contribution in [0.3, 0.4) is 0 Å². The first-order chi connectivity index (χ1) is 12.0. The standard InChI is InChI=1S/C18H13NO5S/c20-14-3-9-17(10-4-14)25(23)18-11-7-16(8-12-18)24-15-5-1-13(2-6-15)19(21)22/h1-12,20H. The number of nitro benzene ring substituents is 1. The summed E-state index contributed by atoms with van der Waals surface area (Å²) in [5.74, 6) is 1.12. The summed E-state index contributed by atoms with van der Waals surface area (Å²) in [6.45, 7) is 0. The molecule has 0 spiro atoms. The molecule has 3 aromatic carbocycles. The van der Waals surface area contributed by atoms with Gasteiger partial charge in [-0.1, -0.05) is 0 Å². The highest BCUT2D eigenvalue weighted by Crippen LogP contribution is 2.26. The molecule has 0 aliphatic heterocycles. The number of benzene rings is 3. The van der Waals surface area contributed by atoms with Crippen molar-refractivity contribution in [2.24, 2.45) is 0 Å². The number of phenols is 1. The molecule has 25 heavy (non-hydrogen) atoms. The smallest absolute Gasteiger partial charge is 0.269 e. The van der Waals surface area contributed by atoms with E-state index in [1.165, 1.54) is 36.4 Å². The fourth-order valence-corrected chi connectivity index (χ4v) is 3.15. The molecule has 0 aliphatic rings. The van der Waals surface area contributed by atoms with Crippen molar-refractivity contribution in [3.05, 3.63) is 82.9 Å². The number of nitro groups is 1. The molecule has 0 amide bonds. The molecular formula is C18H13NO5S. The second-order valence-electron chi connectivity index (χ2n) is 5.09. The Hall–Kier alpha value is -3.19. The van der Waals surface area contributed by atoms with Crippen LogP contribution in [0.5, 0.6) is 17.2 Å². The van der Waals surface area contributed by atoms with Crippen LogP contribution in [0, 0.1) is 10.1 Å². The highest BCUT2D eigenvalue weighted by atomic mass is 32.2. The summed E-state index contributed by atoms with van der Waals surface area (Å²) in [6, 6.07) is 18.7. The van der Waals surface area contributed by atoms with E-state index in [1.807, 2.05) is 0 Å². The summed E-state index contributed by atoms with van der Waals surface area (Å²) in [5, 5.41) is 19.9. The van der Waals surface area contributed by atoms with E-state index in [0.717, 1.165) is 0 Å². The quantitative estimate of drug-likeness (QED) is 0.545. The topological polar surface area (TPSA) is 89.7 Å². The van der Waals surface area contributed by atoms with E-state index in [-0.39, 0.29) is 11.4 Å². The second kappa shape index (κ2) is 7.14. The normalized spacial score (nSPS) is 11.7. The molecule has 0 aromatic heterocycles.